The number of hydrogen-bond donors (Lipinski definition) is 1. The van der Waals surface area contributed by atoms with Crippen molar-refractivity contribution in [2.24, 2.45) is 0 Å². The lowest BCUT2D eigenvalue weighted by Crippen LogP contribution is -2.43. The van der Waals surface area contributed by atoms with Crippen molar-refractivity contribution >= 4 is 5.78 Å². The number of aliphatic hydroxyl groups is 1. The van der Waals surface area contributed by atoms with Gasteiger partial charge in [-0.2, -0.15) is 0 Å². The molecule has 0 atom stereocenters. The second-order valence-electron chi connectivity index (χ2n) is 4.20. The monoisotopic (exact) mass is 236 g/mol. The molecule has 1 N–H and O–H groups in total. The molecule has 4 nitrogen and oxygen atoms in total. The lowest BCUT2D eigenvalue weighted by atomic mass is 9.86. The van der Waals surface area contributed by atoms with Crippen LogP contribution in [0.3, 0.4) is 0 Å². The number of hydrogen-bond acceptors (Lipinski definition) is 4. The van der Waals surface area contributed by atoms with Gasteiger partial charge in [-0.3, -0.25) is 4.79 Å². The summed E-state index contributed by atoms with van der Waals surface area (Å²) >= 11 is 0. The van der Waals surface area contributed by atoms with Gasteiger partial charge in [0.05, 0.1) is 7.11 Å². The maximum atomic E-state index is 12.2. The van der Waals surface area contributed by atoms with E-state index in [-0.39, 0.29) is 5.78 Å². The molecule has 0 saturated carbocycles. The molecule has 1 aromatic rings. The standard InChI is InChI=1S/C13H16O4/c1-16-11-4-2-10(3-5-11)12(14)13(15)6-8-17-9-7-13/h2-5,15H,6-9H2,1H3. The van der Waals surface area contributed by atoms with E-state index >= 15 is 0 Å². The highest BCUT2D eigenvalue weighted by molar-refractivity contribution is 6.02. The van der Waals surface area contributed by atoms with Crippen LogP contribution < -0.4 is 4.74 Å². The molecule has 0 aromatic heterocycles. The molecule has 1 saturated heterocycles. The molecule has 0 amide bonds. The zero-order valence-corrected chi connectivity index (χ0v) is 9.81. The van der Waals surface area contributed by atoms with Crippen molar-refractivity contribution < 1.29 is 19.4 Å². The van der Waals surface area contributed by atoms with Gasteiger partial charge in [-0.1, -0.05) is 0 Å². The fourth-order valence-corrected chi connectivity index (χ4v) is 1.95. The van der Waals surface area contributed by atoms with Gasteiger partial charge in [-0.05, 0) is 24.3 Å². The summed E-state index contributed by atoms with van der Waals surface area (Å²) in [7, 11) is 1.57. The van der Waals surface area contributed by atoms with Crippen LogP contribution in [0.4, 0.5) is 0 Å². The summed E-state index contributed by atoms with van der Waals surface area (Å²) in [5.41, 5.74) is -0.762. The van der Waals surface area contributed by atoms with Crippen molar-refractivity contribution in [1.29, 1.82) is 0 Å². The van der Waals surface area contributed by atoms with Crippen molar-refractivity contribution in [2.45, 2.75) is 18.4 Å². The molecule has 4 heteroatoms. The number of carbonyl (C=O) groups is 1. The highest BCUT2D eigenvalue weighted by Gasteiger charge is 2.37. The number of rotatable bonds is 3. The van der Waals surface area contributed by atoms with Gasteiger partial charge >= 0.3 is 0 Å². The normalized spacial score (nSPS) is 18.7. The topological polar surface area (TPSA) is 55.8 Å². The van der Waals surface area contributed by atoms with Gasteiger partial charge in [0.15, 0.2) is 5.78 Å². The van der Waals surface area contributed by atoms with E-state index in [4.69, 9.17) is 9.47 Å². The number of methoxy groups -OCH3 is 1. The Kier molecular flexibility index (Phi) is 3.45. The van der Waals surface area contributed by atoms with Crippen LogP contribution in [-0.2, 0) is 4.74 Å². The Hall–Kier alpha value is -1.39. The summed E-state index contributed by atoms with van der Waals surface area (Å²) in [4.78, 5) is 12.2. The minimum atomic E-state index is -1.27. The lowest BCUT2D eigenvalue weighted by Gasteiger charge is -2.30. The quantitative estimate of drug-likeness (QED) is 0.806. The third-order valence-corrected chi connectivity index (χ3v) is 3.09. The predicted molar refractivity (Wildman–Crippen MR) is 62.3 cm³/mol. The van der Waals surface area contributed by atoms with Crippen molar-refractivity contribution in [1.82, 2.24) is 0 Å². The lowest BCUT2D eigenvalue weighted by molar-refractivity contribution is -0.0433. The van der Waals surface area contributed by atoms with Crippen LogP contribution in [0.1, 0.15) is 23.2 Å². The fourth-order valence-electron chi connectivity index (χ4n) is 1.95. The van der Waals surface area contributed by atoms with Gasteiger partial charge in [0.1, 0.15) is 11.4 Å². The third kappa shape index (κ3) is 2.48. The second kappa shape index (κ2) is 4.85. The molecule has 1 heterocycles. The van der Waals surface area contributed by atoms with Gasteiger partial charge in [0.25, 0.3) is 0 Å². The van der Waals surface area contributed by atoms with Gasteiger partial charge in [-0.25, -0.2) is 0 Å². The van der Waals surface area contributed by atoms with Crippen molar-refractivity contribution in [2.75, 3.05) is 20.3 Å². The molecule has 0 spiro atoms. The van der Waals surface area contributed by atoms with Gasteiger partial charge in [0, 0.05) is 31.6 Å². The smallest absolute Gasteiger partial charge is 0.194 e. The van der Waals surface area contributed by atoms with E-state index in [1.54, 1.807) is 31.4 Å². The first-order valence-electron chi connectivity index (χ1n) is 5.65. The van der Waals surface area contributed by atoms with Crippen molar-refractivity contribution in [3.05, 3.63) is 29.8 Å². The molecule has 0 bridgehead atoms. The minimum Gasteiger partial charge on any atom is -0.497 e. The Morgan fingerprint density at radius 3 is 2.41 bits per heavy atom. The number of ether oxygens (including phenoxy) is 2. The molecule has 2 rings (SSSR count). The molecule has 92 valence electrons. The Balaban J connectivity index is 2.17. The summed E-state index contributed by atoms with van der Waals surface area (Å²) in [6.45, 7) is 0.858. The number of Topliss-reactive ketones (excluding diaryl/α,β-unsaturated/α-hetero) is 1. The van der Waals surface area contributed by atoms with Crippen LogP contribution in [0.15, 0.2) is 24.3 Å². The van der Waals surface area contributed by atoms with Crippen molar-refractivity contribution in [3.8, 4) is 5.75 Å². The van der Waals surface area contributed by atoms with Crippen molar-refractivity contribution in [3.63, 3.8) is 0 Å². The Morgan fingerprint density at radius 1 is 1.29 bits per heavy atom. The van der Waals surface area contributed by atoms with E-state index in [0.717, 1.165) is 0 Å². The Labute approximate surface area is 100 Å². The van der Waals surface area contributed by atoms with Crippen LogP contribution in [-0.4, -0.2) is 36.8 Å². The third-order valence-electron chi connectivity index (χ3n) is 3.09. The van der Waals surface area contributed by atoms with Gasteiger partial charge in [-0.15, -0.1) is 0 Å². The highest BCUT2D eigenvalue weighted by Crippen LogP contribution is 2.25. The van der Waals surface area contributed by atoms with Crippen LogP contribution in [0.5, 0.6) is 5.75 Å². The first-order valence-corrected chi connectivity index (χ1v) is 5.65. The molecule has 0 aliphatic carbocycles. The molecule has 0 unspecified atom stereocenters. The molecule has 1 fully saturated rings. The summed E-state index contributed by atoms with van der Waals surface area (Å²) in [6.07, 6.45) is 0.718. The van der Waals surface area contributed by atoms with E-state index in [2.05, 4.69) is 0 Å². The molecule has 17 heavy (non-hydrogen) atoms. The molecule has 1 aliphatic rings. The number of ketones is 1. The Bertz CT molecular complexity index is 390. The average Bonchev–Trinajstić information content (AvgIpc) is 2.39. The molecule has 1 aliphatic heterocycles. The maximum Gasteiger partial charge on any atom is 0.194 e. The van der Waals surface area contributed by atoms with Gasteiger partial charge in [0.2, 0.25) is 0 Å². The number of benzene rings is 1. The van der Waals surface area contributed by atoms with E-state index in [9.17, 15) is 9.90 Å². The van der Waals surface area contributed by atoms with E-state index in [1.165, 1.54) is 0 Å². The average molecular weight is 236 g/mol. The van der Waals surface area contributed by atoms with Crippen LogP contribution >= 0.6 is 0 Å². The first kappa shape index (κ1) is 12.1. The first-order chi connectivity index (χ1) is 8.15. The molecular formula is C13H16O4. The predicted octanol–water partition coefficient (Wildman–Crippen LogP) is 1.42. The fraction of sp³-hybridized carbons (Fsp3) is 0.462. The van der Waals surface area contributed by atoms with Crippen LogP contribution in [0.2, 0.25) is 0 Å². The summed E-state index contributed by atoms with van der Waals surface area (Å²) in [6, 6.07) is 6.79. The van der Waals surface area contributed by atoms with E-state index in [1.807, 2.05) is 0 Å². The summed E-state index contributed by atoms with van der Waals surface area (Å²) < 4.78 is 10.2. The molecule has 1 aromatic carbocycles. The maximum absolute atomic E-state index is 12.2. The summed E-state index contributed by atoms with van der Waals surface area (Å²) in [5.74, 6) is 0.462. The Morgan fingerprint density at radius 2 is 1.88 bits per heavy atom. The second-order valence-corrected chi connectivity index (χ2v) is 4.20. The molecular weight excluding hydrogens is 220 g/mol. The zero-order valence-electron chi connectivity index (χ0n) is 9.81. The van der Waals surface area contributed by atoms with Crippen LogP contribution in [0.25, 0.3) is 0 Å². The van der Waals surface area contributed by atoms with E-state index in [0.29, 0.717) is 37.4 Å². The van der Waals surface area contributed by atoms with Gasteiger partial charge < -0.3 is 14.6 Å². The largest absolute Gasteiger partial charge is 0.497 e. The highest BCUT2D eigenvalue weighted by atomic mass is 16.5. The summed E-state index contributed by atoms with van der Waals surface area (Å²) in [5, 5.41) is 10.3. The van der Waals surface area contributed by atoms with E-state index < -0.39 is 5.60 Å². The minimum absolute atomic E-state index is 0.233. The molecule has 0 radical (unpaired) electrons. The number of carbonyl (C=O) groups excluding carboxylic acids is 1. The van der Waals surface area contributed by atoms with Crippen LogP contribution in [0, 0.1) is 0 Å². The zero-order chi connectivity index (χ0) is 12.3. The SMILES string of the molecule is COc1ccc(C(=O)C2(O)CCOCC2)cc1.